The number of rotatable bonds is 7. The molecule has 51 heavy (non-hydrogen) atoms. The number of nitrogens with zero attached hydrogens (tertiary/aromatic N) is 1. The number of methoxy groups -OCH3 is 1. The highest BCUT2D eigenvalue weighted by atomic mass is 16.6. The predicted octanol–water partition coefficient (Wildman–Crippen LogP) is 7.01. The summed E-state index contributed by atoms with van der Waals surface area (Å²) in [5.74, 6) is -1.22. The summed E-state index contributed by atoms with van der Waals surface area (Å²) in [5.41, 5.74) is -2.63. The van der Waals surface area contributed by atoms with Gasteiger partial charge in [0.25, 0.3) is 0 Å². The number of fused-ring (bicyclic) bond motifs is 6. The lowest BCUT2D eigenvalue weighted by Gasteiger charge is -2.75. The molecule has 0 aromatic carbocycles. The van der Waals surface area contributed by atoms with Gasteiger partial charge in [-0.15, -0.1) is 0 Å². The molecule has 5 aliphatic carbocycles. The highest BCUT2D eigenvalue weighted by molar-refractivity contribution is 5.98. The van der Waals surface area contributed by atoms with E-state index in [4.69, 9.17) is 28.0 Å². The largest absolute Gasteiger partial charge is 0.519 e. The number of aliphatic carboxylic acids is 1. The van der Waals surface area contributed by atoms with Gasteiger partial charge in [-0.05, 0) is 99.9 Å². The second-order valence-electron chi connectivity index (χ2n) is 18.5. The summed E-state index contributed by atoms with van der Waals surface area (Å²) in [6, 6.07) is 0. The number of hydrogen-bond donors (Lipinski definition) is 1. The third-order valence-corrected chi connectivity index (χ3v) is 15.8. The molecule has 11 nitrogen and oxygen atoms in total. The van der Waals surface area contributed by atoms with Crippen molar-refractivity contribution < 1.29 is 42.5 Å². The van der Waals surface area contributed by atoms with Gasteiger partial charge >= 0.3 is 17.8 Å². The number of carboxylic acid groups (broad SMARTS) is 1. The van der Waals surface area contributed by atoms with Gasteiger partial charge in [0.1, 0.15) is 18.1 Å². The number of carbonyl (C=O) groups excluding carboxylic acids is 2. The van der Waals surface area contributed by atoms with Crippen molar-refractivity contribution in [1.29, 1.82) is 0 Å². The smallest absolute Gasteiger partial charge is 0.481 e. The maximum absolute atomic E-state index is 15.0. The number of ketones is 1. The van der Waals surface area contributed by atoms with Crippen LogP contribution >= 0.6 is 0 Å². The zero-order valence-corrected chi connectivity index (χ0v) is 31.7. The van der Waals surface area contributed by atoms with Crippen LogP contribution in [-0.2, 0) is 35.2 Å². The van der Waals surface area contributed by atoms with E-state index in [-0.39, 0.29) is 47.6 Å². The van der Waals surface area contributed by atoms with Gasteiger partial charge < -0.3 is 28.2 Å². The van der Waals surface area contributed by atoms with Crippen molar-refractivity contribution in [3.8, 4) is 0 Å². The SMILES string of the molecule is COCC(=O)O[C@H]1CC[C@]2(C)[C@H]3C(=O)C=C4[C@@H]5C[C@@](C)(C(=O)O)CC[C@]5(C)CC[C@@]4(C)[C@]3(C)CC[C@]23N=C(OCc2oc(=O)oc2C(C)C)[C@]13C. The molecule has 2 heterocycles. The average Bonchev–Trinajstić information content (AvgIpc) is 3.43. The Labute approximate surface area is 299 Å². The van der Waals surface area contributed by atoms with Crippen LogP contribution in [-0.4, -0.2) is 54.1 Å². The van der Waals surface area contributed by atoms with Crippen molar-refractivity contribution in [3.63, 3.8) is 0 Å². The summed E-state index contributed by atoms with van der Waals surface area (Å²) < 4.78 is 28.3. The Morgan fingerprint density at radius 2 is 1.67 bits per heavy atom. The van der Waals surface area contributed by atoms with E-state index in [1.54, 1.807) is 0 Å². The first kappa shape index (κ1) is 36.2. The van der Waals surface area contributed by atoms with Crippen LogP contribution in [0.5, 0.6) is 0 Å². The lowest BCUT2D eigenvalue weighted by molar-refractivity contribution is -0.222. The van der Waals surface area contributed by atoms with E-state index in [2.05, 4.69) is 27.7 Å². The third-order valence-electron chi connectivity index (χ3n) is 15.8. The standard InChI is InChI=1S/C40H55NO10/c1-22(2)29-26(49-33(46)51-29)20-48-31-39(8)27(50-28(43)21-47-9)10-11-38(7)30-25(42)18-23-24-19-35(4,32(44)45)13-12-34(24,3)14-15-36(23,5)37(30,6)16-17-40(38,39)41-31/h18,22,24,27,30H,10-17,19-21H2,1-9H3,(H,44,45)/t24-,27-,30-,34+,35-,36+,37+,38+,39-,40-/m0/s1. The van der Waals surface area contributed by atoms with Crippen molar-refractivity contribution in [2.24, 2.45) is 49.3 Å². The normalized spacial score (nSPS) is 44.0. The quantitative estimate of drug-likeness (QED) is 0.292. The fraction of sp³-hybridized carbons (Fsp3) is 0.775. The average molecular weight is 710 g/mol. The van der Waals surface area contributed by atoms with Crippen molar-refractivity contribution in [3.05, 3.63) is 33.8 Å². The highest BCUT2D eigenvalue weighted by Crippen LogP contribution is 2.78. The van der Waals surface area contributed by atoms with Crippen molar-refractivity contribution in [2.75, 3.05) is 13.7 Å². The van der Waals surface area contributed by atoms with Gasteiger partial charge in [-0.3, -0.25) is 9.59 Å². The van der Waals surface area contributed by atoms with Gasteiger partial charge in [-0.25, -0.2) is 14.6 Å². The molecule has 0 unspecified atom stereocenters. The molecule has 0 radical (unpaired) electrons. The maximum atomic E-state index is 15.0. The summed E-state index contributed by atoms with van der Waals surface area (Å²) in [6.07, 6.45) is 7.86. The van der Waals surface area contributed by atoms with Gasteiger partial charge in [0.2, 0.25) is 0 Å². The lowest BCUT2D eigenvalue weighted by atomic mass is 9.30. The molecule has 0 saturated heterocycles. The molecule has 10 atom stereocenters. The molecule has 6 aliphatic rings. The van der Waals surface area contributed by atoms with Crippen LogP contribution in [0.4, 0.5) is 0 Å². The first-order chi connectivity index (χ1) is 23.8. The molecule has 11 heteroatoms. The van der Waals surface area contributed by atoms with E-state index in [1.807, 2.05) is 33.8 Å². The Hall–Kier alpha value is -3.21. The molecular weight excluding hydrogens is 654 g/mol. The maximum Gasteiger partial charge on any atom is 0.519 e. The number of allylic oxidation sites excluding steroid dienone is 2. The highest BCUT2D eigenvalue weighted by Gasteiger charge is 2.81. The van der Waals surface area contributed by atoms with Crippen LogP contribution < -0.4 is 5.82 Å². The van der Waals surface area contributed by atoms with Crippen molar-refractivity contribution in [2.45, 2.75) is 137 Å². The topological polar surface area (TPSA) is 155 Å². The number of carbonyl (C=O) groups is 3. The lowest BCUT2D eigenvalue weighted by Crippen LogP contribution is -2.79. The Morgan fingerprint density at radius 3 is 2.33 bits per heavy atom. The Balaban J connectivity index is 1.30. The summed E-state index contributed by atoms with van der Waals surface area (Å²) >= 11 is 0. The monoisotopic (exact) mass is 709 g/mol. The molecule has 1 aromatic heterocycles. The number of carboxylic acids is 1. The van der Waals surface area contributed by atoms with Crippen LogP contribution in [0.2, 0.25) is 0 Å². The predicted molar refractivity (Wildman–Crippen MR) is 186 cm³/mol. The van der Waals surface area contributed by atoms with Crippen LogP contribution in [0, 0.1) is 44.3 Å². The molecule has 1 aromatic rings. The second-order valence-corrected chi connectivity index (χ2v) is 18.5. The minimum atomic E-state index is -0.865. The van der Waals surface area contributed by atoms with Crippen LogP contribution in [0.15, 0.2) is 30.3 Å². The van der Waals surface area contributed by atoms with Gasteiger partial charge in [0.05, 0.1) is 11.0 Å². The van der Waals surface area contributed by atoms with Gasteiger partial charge in [0, 0.05) is 24.4 Å². The summed E-state index contributed by atoms with van der Waals surface area (Å²) in [6.45, 7) is 16.6. The minimum Gasteiger partial charge on any atom is -0.481 e. The second kappa shape index (κ2) is 11.4. The first-order valence-electron chi connectivity index (χ1n) is 18.8. The molecule has 4 fully saturated rings. The van der Waals surface area contributed by atoms with Crippen molar-refractivity contribution in [1.82, 2.24) is 0 Å². The van der Waals surface area contributed by atoms with Crippen LogP contribution in [0.25, 0.3) is 0 Å². The number of aliphatic imine (C=N–C) groups is 1. The Kier molecular flexibility index (Phi) is 8.08. The van der Waals surface area contributed by atoms with E-state index in [0.29, 0.717) is 49.5 Å². The van der Waals surface area contributed by atoms with Gasteiger partial charge in [-0.1, -0.05) is 47.1 Å². The first-order valence-corrected chi connectivity index (χ1v) is 18.8. The van der Waals surface area contributed by atoms with Gasteiger partial charge in [-0.2, -0.15) is 0 Å². The molecule has 0 bridgehead atoms. The molecule has 7 rings (SSSR count). The summed E-state index contributed by atoms with van der Waals surface area (Å²) in [4.78, 5) is 57.8. The number of ether oxygens (including phenoxy) is 3. The van der Waals surface area contributed by atoms with E-state index < -0.39 is 51.1 Å². The molecule has 0 amide bonds. The molecule has 1 N–H and O–H groups in total. The third kappa shape index (κ3) is 4.60. The molecule has 4 saturated carbocycles. The van der Waals surface area contributed by atoms with E-state index in [1.165, 1.54) is 7.11 Å². The fourth-order valence-corrected chi connectivity index (χ4v) is 12.4. The number of esters is 1. The molecule has 1 spiro atoms. The van der Waals surface area contributed by atoms with Crippen LogP contribution in [0.1, 0.15) is 131 Å². The zero-order valence-electron chi connectivity index (χ0n) is 31.7. The van der Waals surface area contributed by atoms with E-state index in [0.717, 1.165) is 31.3 Å². The van der Waals surface area contributed by atoms with Crippen molar-refractivity contribution >= 4 is 23.6 Å². The Bertz CT molecular complexity index is 1790. The molecule has 1 aliphatic heterocycles. The fourth-order valence-electron chi connectivity index (χ4n) is 12.4. The zero-order chi connectivity index (χ0) is 37.2. The Morgan fingerprint density at radius 1 is 0.961 bits per heavy atom. The van der Waals surface area contributed by atoms with Crippen LogP contribution in [0.3, 0.4) is 0 Å². The van der Waals surface area contributed by atoms with E-state index in [9.17, 15) is 24.3 Å². The molecule has 280 valence electrons. The number of hydrogen-bond acceptors (Lipinski definition) is 10. The molecular formula is C40H55NO10. The summed E-state index contributed by atoms with van der Waals surface area (Å²) in [5, 5.41) is 10.3. The van der Waals surface area contributed by atoms with Gasteiger partial charge in [0.15, 0.2) is 29.8 Å². The minimum absolute atomic E-state index is 0.0261. The van der Waals surface area contributed by atoms with E-state index >= 15 is 0 Å². The summed E-state index contributed by atoms with van der Waals surface area (Å²) in [7, 11) is 1.45.